The van der Waals surface area contributed by atoms with E-state index < -0.39 is 17.8 Å². The Bertz CT molecular complexity index is 264. The van der Waals surface area contributed by atoms with E-state index in [-0.39, 0.29) is 4.88 Å². The Kier molecular flexibility index (Phi) is 2.44. The topological polar surface area (TPSA) is 26.0 Å². The molecule has 1 heterocycles. The number of halogens is 3. The molecule has 0 radical (unpaired) electrons. The van der Waals surface area contributed by atoms with Gasteiger partial charge in [-0.3, -0.25) is 0 Å². The summed E-state index contributed by atoms with van der Waals surface area (Å²) in [7, 11) is 0. The predicted octanol–water partition coefficient (Wildman–Crippen LogP) is 2.79. The predicted molar refractivity (Wildman–Crippen MR) is 41.9 cm³/mol. The maximum atomic E-state index is 12.2. The third kappa shape index (κ3) is 1.78. The minimum Gasteiger partial charge on any atom is -0.323 e. The van der Waals surface area contributed by atoms with E-state index in [0.717, 1.165) is 17.4 Å². The third-order valence-corrected chi connectivity index (χ3v) is 2.53. The first-order chi connectivity index (χ1) is 5.43. The van der Waals surface area contributed by atoms with E-state index in [1.807, 2.05) is 0 Å². The van der Waals surface area contributed by atoms with Crippen molar-refractivity contribution in [3.63, 3.8) is 0 Å². The number of thiophene rings is 1. The zero-order valence-electron chi connectivity index (χ0n) is 6.35. The number of hydrogen-bond acceptors (Lipinski definition) is 2. The normalized spacial score (nSPS) is 14.8. The molecule has 0 saturated carbocycles. The summed E-state index contributed by atoms with van der Waals surface area (Å²) in [6, 6.07) is 0.505. The van der Waals surface area contributed by atoms with Gasteiger partial charge in [0.05, 0.1) is 5.56 Å². The fourth-order valence-electron chi connectivity index (χ4n) is 0.908. The third-order valence-electron chi connectivity index (χ3n) is 1.41. The highest BCUT2D eigenvalue weighted by atomic mass is 32.1. The van der Waals surface area contributed by atoms with E-state index in [2.05, 4.69) is 0 Å². The van der Waals surface area contributed by atoms with Crippen molar-refractivity contribution in [2.24, 2.45) is 5.73 Å². The molecule has 0 aliphatic rings. The summed E-state index contributed by atoms with van der Waals surface area (Å²) >= 11 is 1.04. The molecular formula is C7H8F3NS. The van der Waals surface area contributed by atoms with Crippen LogP contribution in [0.2, 0.25) is 0 Å². The minimum atomic E-state index is -4.27. The average Bonchev–Trinajstić information content (AvgIpc) is 2.30. The van der Waals surface area contributed by atoms with Crippen LogP contribution in [0.1, 0.15) is 23.4 Å². The standard InChI is InChI=1S/C7H8F3NS/c1-4(11)6-5(2-3-12-6)7(8,9)10/h2-4H,11H2,1H3. The second-order valence-electron chi connectivity index (χ2n) is 2.48. The lowest BCUT2D eigenvalue weighted by molar-refractivity contribution is -0.138. The Balaban J connectivity index is 3.08. The lowest BCUT2D eigenvalue weighted by atomic mass is 10.2. The van der Waals surface area contributed by atoms with Crippen LogP contribution in [-0.2, 0) is 6.18 Å². The van der Waals surface area contributed by atoms with Crippen LogP contribution in [0.3, 0.4) is 0 Å². The molecule has 12 heavy (non-hydrogen) atoms. The average molecular weight is 195 g/mol. The van der Waals surface area contributed by atoms with Gasteiger partial charge in [-0.1, -0.05) is 0 Å². The molecule has 68 valence electrons. The van der Waals surface area contributed by atoms with Crippen LogP contribution < -0.4 is 5.73 Å². The Labute approximate surface area is 72.0 Å². The van der Waals surface area contributed by atoms with Crippen LogP contribution in [0.15, 0.2) is 11.4 Å². The number of rotatable bonds is 1. The van der Waals surface area contributed by atoms with Crippen molar-refractivity contribution in [1.82, 2.24) is 0 Å². The molecule has 0 amide bonds. The molecule has 0 fully saturated rings. The maximum Gasteiger partial charge on any atom is 0.417 e. The summed E-state index contributed by atoms with van der Waals surface area (Å²) in [5.74, 6) is 0. The summed E-state index contributed by atoms with van der Waals surface area (Å²) in [5, 5.41) is 1.40. The zero-order chi connectivity index (χ0) is 9.35. The maximum absolute atomic E-state index is 12.2. The lowest BCUT2D eigenvalue weighted by Crippen LogP contribution is -2.12. The molecule has 1 unspecified atom stereocenters. The Morgan fingerprint density at radius 2 is 2.08 bits per heavy atom. The van der Waals surface area contributed by atoms with E-state index in [1.165, 1.54) is 5.38 Å². The molecule has 1 atom stereocenters. The van der Waals surface area contributed by atoms with E-state index >= 15 is 0 Å². The molecule has 1 nitrogen and oxygen atoms in total. The molecule has 1 aromatic heterocycles. The van der Waals surface area contributed by atoms with E-state index in [1.54, 1.807) is 6.92 Å². The summed E-state index contributed by atoms with van der Waals surface area (Å²) in [6.07, 6.45) is -4.27. The van der Waals surface area contributed by atoms with Crippen molar-refractivity contribution in [3.8, 4) is 0 Å². The molecule has 0 aliphatic heterocycles. The zero-order valence-corrected chi connectivity index (χ0v) is 7.17. The summed E-state index contributed by atoms with van der Waals surface area (Å²) in [4.78, 5) is 0.197. The van der Waals surface area contributed by atoms with Crippen LogP contribution in [-0.4, -0.2) is 0 Å². The van der Waals surface area contributed by atoms with Gasteiger partial charge in [-0.2, -0.15) is 13.2 Å². The largest absolute Gasteiger partial charge is 0.417 e. The summed E-state index contributed by atoms with van der Waals surface area (Å²) < 4.78 is 36.6. The Morgan fingerprint density at radius 3 is 2.42 bits per heavy atom. The summed E-state index contributed by atoms with van der Waals surface area (Å²) in [6.45, 7) is 1.54. The molecule has 0 aromatic carbocycles. The first-order valence-electron chi connectivity index (χ1n) is 3.33. The number of alkyl halides is 3. The van der Waals surface area contributed by atoms with Gasteiger partial charge in [0.2, 0.25) is 0 Å². The Morgan fingerprint density at radius 1 is 1.50 bits per heavy atom. The smallest absolute Gasteiger partial charge is 0.323 e. The van der Waals surface area contributed by atoms with Crippen LogP contribution in [0, 0.1) is 0 Å². The van der Waals surface area contributed by atoms with Crippen molar-refractivity contribution in [1.29, 1.82) is 0 Å². The van der Waals surface area contributed by atoms with Crippen molar-refractivity contribution >= 4 is 11.3 Å². The molecule has 0 bridgehead atoms. The van der Waals surface area contributed by atoms with Crippen molar-refractivity contribution in [2.45, 2.75) is 19.1 Å². The van der Waals surface area contributed by atoms with Crippen LogP contribution in [0.5, 0.6) is 0 Å². The molecule has 0 saturated heterocycles. The second kappa shape index (κ2) is 3.06. The van der Waals surface area contributed by atoms with Gasteiger partial charge in [-0.15, -0.1) is 11.3 Å². The fraction of sp³-hybridized carbons (Fsp3) is 0.429. The van der Waals surface area contributed by atoms with Crippen molar-refractivity contribution < 1.29 is 13.2 Å². The second-order valence-corrected chi connectivity index (χ2v) is 3.43. The molecule has 1 rings (SSSR count). The number of hydrogen-bond donors (Lipinski definition) is 1. The van der Waals surface area contributed by atoms with Gasteiger partial charge in [-0.25, -0.2) is 0 Å². The van der Waals surface area contributed by atoms with Gasteiger partial charge in [0.1, 0.15) is 0 Å². The first-order valence-corrected chi connectivity index (χ1v) is 4.21. The van der Waals surface area contributed by atoms with Gasteiger partial charge < -0.3 is 5.73 Å². The summed E-state index contributed by atoms with van der Waals surface area (Å²) in [5.41, 5.74) is 4.76. The Hall–Kier alpha value is -0.550. The minimum absolute atomic E-state index is 0.197. The molecular weight excluding hydrogens is 187 g/mol. The van der Waals surface area contributed by atoms with Gasteiger partial charge >= 0.3 is 6.18 Å². The molecule has 2 N–H and O–H groups in total. The molecule has 0 aliphatic carbocycles. The number of nitrogens with two attached hydrogens (primary N) is 1. The first kappa shape index (κ1) is 9.54. The van der Waals surface area contributed by atoms with Gasteiger partial charge in [-0.05, 0) is 18.4 Å². The molecule has 0 spiro atoms. The van der Waals surface area contributed by atoms with Crippen LogP contribution >= 0.6 is 11.3 Å². The lowest BCUT2D eigenvalue weighted by Gasteiger charge is -2.09. The van der Waals surface area contributed by atoms with Gasteiger partial charge in [0.25, 0.3) is 0 Å². The quantitative estimate of drug-likeness (QED) is 0.732. The van der Waals surface area contributed by atoms with Gasteiger partial charge in [0.15, 0.2) is 0 Å². The SMILES string of the molecule is CC(N)c1sccc1C(F)(F)F. The fourth-order valence-corrected chi connectivity index (χ4v) is 1.78. The van der Waals surface area contributed by atoms with Gasteiger partial charge in [0, 0.05) is 10.9 Å². The highest BCUT2D eigenvalue weighted by molar-refractivity contribution is 7.10. The monoisotopic (exact) mass is 195 g/mol. The van der Waals surface area contributed by atoms with Crippen molar-refractivity contribution in [3.05, 3.63) is 21.9 Å². The molecule has 1 aromatic rings. The highest BCUT2D eigenvalue weighted by Gasteiger charge is 2.34. The van der Waals surface area contributed by atoms with Crippen molar-refractivity contribution in [2.75, 3.05) is 0 Å². The van der Waals surface area contributed by atoms with E-state index in [9.17, 15) is 13.2 Å². The highest BCUT2D eigenvalue weighted by Crippen LogP contribution is 2.36. The van der Waals surface area contributed by atoms with Crippen LogP contribution in [0.25, 0.3) is 0 Å². The van der Waals surface area contributed by atoms with E-state index in [4.69, 9.17) is 5.73 Å². The van der Waals surface area contributed by atoms with E-state index in [0.29, 0.717) is 0 Å². The molecule has 5 heteroatoms. The van der Waals surface area contributed by atoms with Crippen LogP contribution in [0.4, 0.5) is 13.2 Å².